The lowest BCUT2D eigenvalue weighted by atomic mass is 10.1. The van der Waals surface area contributed by atoms with Gasteiger partial charge >= 0.3 is 0 Å². The molecule has 1 unspecified atom stereocenters. The molecule has 3 nitrogen and oxygen atoms in total. The Morgan fingerprint density at radius 1 is 1.42 bits per heavy atom. The Balaban J connectivity index is 1.84. The molecule has 0 aliphatic rings. The first-order valence-electron chi connectivity index (χ1n) is 5.71. The Morgan fingerprint density at radius 2 is 2.16 bits per heavy atom. The van der Waals surface area contributed by atoms with Crippen molar-refractivity contribution in [2.45, 2.75) is 19.1 Å². The second kappa shape index (κ2) is 6.77. The van der Waals surface area contributed by atoms with Gasteiger partial charge in [0.05, 0.1) is 22.1 Å². The van der Waals surface area contributed by atoms with Crippen LogP contribution in [0, 0.1) is 0 Å². The van der Waals surface area contributed by atoms with E-state index in [4.69, 9.17) is 0 Å². The van der Waals surface area contributed by atoms with Gasteiger partial charge in [-0.3, -0.25) is 4.79 Å². The van der Waals surface area contributed by atoms with Gasteiger partial charge in [0.1, 0.15) is 0 Å². The van der Waals surface area contributed by atoms with Gasteiger partial charge in [0, 0.05) is 6.42 Å². The van der Waals surface area contributed by atoms with Gasteiger partial charge in [-0.25, -0.2) is 4.39 Å². The Kier molecular flexibility index (Phi) is 5.04. The summed E-state index contributed by atoms with van der Waals surface area (Å²) >= 11 is 4.58. The first kappa shape index (κ1) is 14.1. The number of aromatic nitrogens is 1. The SMILES string of the molecule is O=C(NCc1sncc1Br)C(F)Cc1ccccc1. The molecule has 1 amide bonds. The summed E-state index contributed by atoms with van der Waals surface area (Å²) in [6, 6.07) is 9.13. The molecule has 2 aromatic rings. The molecule has 19 heavy (non-hydrogen) atoms. The largest absolute Gasteiger partial charge is 0.349 e. The van der Waals surface area contributed by atoms with Crippen LogP contribution in [0.15, 0.2) is 41.0 Å². The molecule has 0 aliphatic carbocycles. The molecule has 1 aromatic carbocycles. The average Bonchev–Trinajstić information content (AvgIpc) is 2.82. The van der Waals surface area contributed by atoms with Gasteiger partial charge in [0.2, 0.25) is 0 Å². The van der Waals surface area contributed by atoms with Crippen LogP contribution in [-0.2, 0) is 17.8 Å². The fourth-order valence-corrected chi connectivity index (χ4v) is 2.72. The summed E-state index contributed by atoms with van der Waals surface area (Å²) < 4.78 is 18.6. The van der Waals surface area contributed by atoms with Crippen LogP contribution in [0.2, 0.25) is 0 Å². The van der Waals surface area contributed by atoms with Crippen molar-refractivity contribution in [2.75, 3.05) is 0 Å². The summed E-state index contributed by atoms with van der Waals surface area (Å²) in [6.07, 6.45) is 0.216. The molecule has 1 aromatic heterocycles. The van der Waals surface area contributed by atoms with Gasteiger partial charge in [0.25, 0.3) is 5.91 Å². The van der Waals surface area contributed by atoms with E-state index in [1.54, 1.807) is 18.3 Å². The molecule has 1 N–H and O–H groups in total. The topological polar surface area (TPSA) is 42.0 Å². The number of halogens is 2. The summed E-state index contributed by atoms with van der Waals surface area (Å²) in [4.78, 5) is 12.5. The van der Waals surface area contributed by atoms with E-state index in [0.717, 1.165) is 14.9 Å². The molecule has 1 atom stereocenters. The molecule has 0 fully saturated rings. The zero-order valence-corrected chi connectivity index (χ0v) is 12.4. The van der Waals surface area contributed by atoms with Gasteiger partial charge in [-0.1, -0.05) is 30.3 Å². The number of nitrogens with zero attached hydrogens (tertiary/aromatic N) is 1. The van der Waals surface area contributed by atoms with Crippen molar-refractivity contribution >= 4 is 33.4 Å². The number of carbonyl (C=O) groups is 1. The number of alkyl halides is 1. The predicted octanol–water partition coefficient (Wildman–Crippen LogP) is 3.10. The van der Waals surface area contributed by atoms with Crippen LogP contribution >= 0.6 is 27.5 Å². The molecule has 0 aliphatic heterocycles. The molecule has 0 bridgehead atoms. The number of carbonyl (C=O) groups excluding carboxylic acids is 1. The van der Waals surface area contributed by atoms with Crippen LogP contribution in [-0.4, -0.2) is 16.5 Å². The highest BCUT2D eigenvalue weighted by Crippen LogP contribution is 2.19. The Hall–Kier alpha value is -1.27. The standard InChI is InChI=1S/C13H12BrFN2OS/c14-10-7-17-19-12(10)8-16-13(18)11(15)6-9-4-2-1-3-5-9/h1-5,7,11H,6,8H2,(H,16,18). The molecule has 0 radical (unpaired) electrons. The average molecular weight is 343 g/mol. The molecular weight excluding hydrogens is 331 g/mol. The molecular formula is C13H12BrFN2OS. The second-order valence-corrected chi connectivity index (χ2v) is 5.71. The Morgan fingerprint density at radius 3 is 2.79 bits per heavy atom. The monoisotopic (exact) mass is 342 g/mol. The Labute approximate surface area is 123 Å². The van der Waals surface area contributed by atoms with Gasteiger partial charge < -0.3 is 5.32 Å². The molecule has 100 valence electrons. The van der Waals surface area contributed by atoms with E-state index in [1.807, 2.05) is 18.2 Å². The van der Waals surface area contributed by atoms with Crippen molar-refractivity contribution in [3.05, 3.63) is 51.4 Å². The molecule has 1 heterocycles. The first-order valence-corrected chi connectivity index (χ1v) is 7.28. The predicted molar refractivity (Wildman–Crippen MR) is 76.7 cm³/mol. The van der Waals surface area contributed by atoms with E-state index in [9.17, 15) is 9.18 Å². The van der Waals surface area contributed by atoms with Crippen molar-refractivity contribution in [1.29, 1.82) is 0 Å². The maximum atomic E-state index is 13.8. The summed E-state index contributed by atoms with van der Waals surface area (Å²) in [5.41, 5.74) is 0.809. The first-order chi connectivity index (χ1) is 9.16. The third-order valence-corrected chi connectivity index (χ3v) is 4.30. The fourth-order valence-electron chi connectivity index (χ4n) is 1.56. The number of rotatable bonds is 5. The zero-order chi connectivity index (χ0) is 13.7. The van der Waals surface area contributed by atoms with Crippen LogP contribution in [0.1, 0.15) is 10.4 Å². The minimum Gasteiger partial charge on any atom is -0.349 e. The normalized spacial score (nSPS) is 12.1. The minimum atomic E-state index is -1.53. The highest BCUT2D eigenvalue weighted by atomic mass is 79.9. The van der Waals surface area contributed by atoms with Crippen molar-refractivity contribution in [3.63, 3.8) is 0 Å². The van der Waals surface area contributed by atoms with E-state index in [2.05, 4.69) is 25.6 Å². The summed E-state index contributed by atoms with van der Waals surface area (Å²) in [5.74, 6) is -0.593. The Bertz CT molecular complexity index is 547. The van der Waals surface area contributed by atoms with E-state index in [-0.39, 0.29) is 6.42 Å². The van der Waals surface area contributed by atoms with Crippen molar-refractivity contribution in [3.8, 4) is 0 Å². The van der Waals surface area contributed by atoms with E-state index in [1.165, 1.54) is 11.5 Å². The van der Waals surface area contributed by atoms with Crippen LogP contribution in [0.4, 0.5) is 4.39 Å². The highest BCUT2D eigenvalue weighted by Gasteiger charge is 2.17. The van der Waals surface area contributed by atoms with Gasteiger partial charge in [0.15, 0.2) is 6.17 Å². The molecule has 2 rings (SSSR count). The highest BCUT2D eigenvalue weighted by molar-refractivity contribution is 9.10. The summed E-state index contributed by atoms with van der Waals surface area (Å²) in [7, 11) is 0. The minimum absolute atomic E-state index is 0.0938. The molecule has 0 spiro atoms. The number of hydrogen-bond donors (Lipinski definition) is 1. The lowest BCUT2D eigenvalue weighted by Crippen LogP contribution is -2.32. The van der Waals surface area contributed by atoms with Crippen molar-refractivity contribution < 1.29 is 9.18 Å². The smallest absolute Gasteiger partial charge is 0.255 e. The van der Waals surface area contributed by atoms with E-state index in [0.29, 0.717) is 6.54 Å². The third-order valence-electron chi connectivity index (χ3n) is 2.56. The third kappa shape index (κ3) is 4.11. The number of benzene rings is 1. The maximum absolute atomic E-state index is 13.8. The fraction of sp³-hybridized carbons (Fsp3) is 0.231. The zero-order valence-electron chi connectivity index (χ0n) is 9.98. The van der Waals surface area contributed by atoms with E-state index < -0.39 is 12.1 Å². The summed E-state index contributed by atoms with van der Waals surface area (Å²) in [6.45, 7) is 0.291. The van der Waals surface area contributed by atoms with Crippen LogP contribution < -0.4 is 5.32 Å². The van der Waals surface area contributed by atoms with Crippen LogP contribution in [0.3, 0.4) is 0 Å². The van der Waals surface area contributed by atoms with Gasteiger partial charge in [-0.15, -0.1) is 0 Å². The van der Waals surface area contributed by atoms with Crippen LogP contribution in [0.25, 0.3) is 0 Å². The van der Waals surface area contributed by atoms with Crippen molar-refractivity contribution in [2.24, 2.45) is 0 Å². The maximum Gasteiger partial charge on any atom is 0.255 e. The lowest BCUT2D eigenvalue weighted by Gasteiger charge is -2.09. The van der Waals surface area contributed by atoms with Gasteiger partial charge in [-0.05, 0) is 33.0 Å². The number of hydrogen-bond acceptors (Lipinski definition) is 3. The van der Waals surface area contributed by atoms with Crippen molar-refractivity contribution in [1.82, 2.24) is 9.69 Å². The molecule has 0 saturated carbocycles. The second-order valence-electron chi connectivity index (χ2n) is 3.97. The van der Waals surface area contributed by atoms with E-state index >= 15 is 0 Å². The lowest BCUT2D eigenvalue weighted by molar-refractivity contribution is -0.126. The molecule has 0 saturated heterocycles. The number of nitrogens with one attached hydrogen (secondary N) is 1. The summed E-state index contributed by atoms with van der Waals surface area (Å²) in [5, 5.41) is 2.57. The number of amides is 1. The van der Waals surface area contributed by atoms with Crippen LogP contribution in [0.5, 0.6) is 0 Å². The molecule has 6 heteroatoms. The quantitative estimate of drug-likeness (QED) is 0.907. The van der Waals surface area contributed by atoms with Gasteiger partial charge in [-0.2, -0.15) is 4.37 Å².